The number of aliphatic hydroxyl groups excluding tert-OH is 1. The highest BCUT2D eigenvalue weighted by atomic mass is 16.5. The molecule has 44 heavy (non-hydrogen) atoms. The Morgan fingerprint density at radius 3 is 2.55 bits per heavy atom. The summed E-state index contributed by atoms with van der Waals surface area (Å²) in [6.07, 6.45) is 6.01. The average Bonchev–Trinajstić information content (AvgIpc) is 3.03. The number of ether oxygens (including phenoxy) is 1. The van der Waals surface area contributed by atoms with Gasteiger partial charge in [0.25, 0.3) is 5.91 Å². The van der Waals surface area contributed by atoms with Gasteiger partial charge in [0.2, 0.25) is 11.8 Å². The number of primary amides is 1. The molecule has 0 spiro atoms. The smallest absolute Gasteiger partial charge is 0.315 e. The van der Waals surface area contributed by atoms with E-state index in [9.17, 15) is 29.4 Å². The van der Waals surface area contributed by atoms with Crippen molar-refractivity contribution >= 4 is 40.7 Å². The third-order valence-electron chi connectivity index (χ3n) is 7.85. The van der Waals surface area contributed by atoms with E-state index in [1.807, 2.05) is 30.3 Å². The van der Waals surface area contributed by atoms with Gasteiger partial charge in [-0.2, -0.15) is 0 Å². The number of amides is 3. The van der Waals surface area contributed by atoms with Crippen molar-refractivity contribution in [2.45, 2.75) is 78.0 Å². The Labute approximate surface area is 258 Å². The largest absolute Gasteiger partial charge is 0.481 e. The van der Waals surface area contributed by atoms with Crippen LogP contribution in [0.5, 0.6) is 0 Å². The molecule has 2 aliphatic heterocycles. The van der Waals surface area contributed by atoms with Gasteiger partial charge >= 0.3 is 5.97 Å². The molecule has 2 fully saturated rings. The summed E-state index contributed by atoms with van der Waals surface area (Å²) in [6, 6.07) is 8.75. The molecule has 2 aromatic rings. The van der Waals surface area contributed by atoms with Crippen molar-refractivity contribution < 1.29 is 34.1 Å². The number of aryl methyl sites for hydroxylation is 1. The average molecular weight is 612 g/mol. The fourth-order valence-corrected chi connectivity index (χ4v) is 4.97. The van der Waals surface area contributed by atoms with Crippen LogP contribution in [0, 0.1) is 11.3 Å². The summed E-state index contributed by atoms with van der Waals surface area (Å²) < 4.78 is 5.39. The molecule has 1 aromatic carbocycles. The highest BCUT2D eigenvalue weighted by molar-refractivity contribution is 5.89. The molecule has 12 nitrogen and oxygen atoms in total. The Morgan fingerprint density at radius 2 is 1.93 bits per heavy atom. The van der Waals surface area contributed by atoms with Gasteiger partial charge in [0.1, 0.15) is 23.6 Å². The van der Waals surface area contributed by atoms with Gasteiger partial charge < -0.3 is 26.0 Å². The lowest BCUT2D eigenvalue weighted by atomic mass is 9.82. The Balaban J connectivity index is 0.000000242. The maximum atomic E-state index is 12.2. The van der Waals surface area contributed by atoms with Crippen LogP contribution in [0.4, 0.5) is 0 Å². The topological polar surface area (TPSA) is 184 Å². The number of aromatic nitrogens is 1. The maximum absolute atomic E-state index is 12.2. The fraction of sp³-hybridized carbons (Fsp3) is 0.531. The van der Waals surface area contributed by atoms with Crippen molar-refractivity contribution in [3.05, 3.63) is 47.7 Å². The summed E-state index contributed by atoms with van der Waals surface area (Å²) in [5, 5.41) is 24.1. The standard InChI is InChI=1S/C19H21NO3.C13H24N4O4/c1-2-16-7-6-15-5-4-14(12-17(15)20-16)8-10-19(18(21)22)9-3-11-23-13-19;1-7(2)10(18)12(20)15-8(3)13(21)17-6-4-5-9(16-17)11(14)19/h4-8,10,12H,2-3,9,11,13H2,1H3,(H,21,22);7-10,16,18H,4-6H2,1-3H3,(H2,14,19)(H,15,20)/b10-8+;. The zero-order valence-electron chi connectivity index (χ0n) is 25.9. The lowest BCUT2D eigenvalue weighted by molar-refractivity contribution is -0.152. The first-order valence-corrected chi connectivity index (χ1v) is 15.1. The summed E-state index contributed by atoms with van der Waals surface area (Å²) in [5.74, 6) is -2.53. The maximum Gasteiger partial charge on any atom is 0.315 e. The molecule has 4 rings (SSSR count). The zero-order valence-corrected chi connectivity index (χ0v) is 25.9. The summed E-state index contributed by atoms with van der Waals surface area (Å²) in [4.78, 5) is 51.4. The number of carbonyl (C=O) groups is 4. The van der Waals surface area contributed by atoms with Crippen LogP contribution in [0.3, 0.4) is 0 Å². The molecule has 0 saturated carbocycles. The third kappa shape index (κ3) is 9.07. The van der Waals surface area contributed by atoms with Crippen LogP contribution in [0.2, 0.25) is 0 Å². The molecule has 4 unspecified atom stereocenters. The van der Waals surface area contributed by atoms with E-state index >= 15 is 0 Å². The van der Waals surface area contributed by atoms with Crippen LogP contribution < -0.4 is 16.5 Å². The Hall–Kier alpha value is -3.87. The number of nitrogens with two attached hydrogens (primary N) is 1. The fourth-order valence-electron chi connectivity index (χ4n) is 4.97. The first kappa shape index (κ1) is 34.6. The number of nitrogens with one attached hydrogen (secondary N) is 2. The Morgan fingerprint density at radius 1 is 1.20 bits per heavy atom. The monoisotopic (exact) mass is 611 g/mol. The second-order valence-electron chi connectivity index (χ2n) is 11.7. The number of aliphatic hydroxyl groups is 1. The Kier molecular flexibility index (Phi) is 12.4. The Bertz CT molecular complexity index is 1360. The third-order valence-corrected chi connectivity index (χ3v) is 7.85. The van der Waals surface area contributed by atoms with Gasteiger partial charge in [-0.05, 0) is 62.6 Å². The second kappa shape index (κ2) is 15.7. The van der Waals surface area contributed by atoms with E-state index in [0.717, 1.165) is 35.0 Å². The highest BCUT2D eigenvalue weighted by Crippen LogP contribution is 2.31. The summed E-state index contributed by atoms with van der Waals surface area (Å²) in [6.45, 7) is 8.35. The number of pyridine rings is 1. The molecule has 12 heteroatoms. The predicted molar refractivity (Wildman–Crippen MR) is 166 cm³/mol. The summed E-state index contributed by atoms with van der Waals surface area (Å²) >= 11 is 0. The number of hydrazine groups is 1. The summed E-state index contributed by atoms with van der Waals surface area (Å²) in [5.41, 5.74) is 10.0. The molecule has 0 aliphatic carbocycles. The summed E-state index contributed by atoms with van der Waals surface area (Å²) in [7, 11) is 0. The van der Waals surface area contributed by atoms with E-state index in [1.54, 1.807) is 19.9 Å². The van der Waals surface area contributed by atoms with E-state index < -0.39 is 41.4 Å². The molecule has 2 aliphatic rings. The molecule has 240 valence electrons. The number of carboxylic acid groups (broad SMARTS) is 1. The van der Waals surface area contributed by atoms with Crippen LogP contribution in [-0.2, 0) is 30.3 Å². The van der Waals surface area contributed by atoms with E-state index in [1.165, 1.54) is 11.9 Å². The van der Waals surface area contributed by atoms with Crippen molar-refractivity contribution in [2.75, 3.05) is 19.8 Å². The minimum atomic E-state index is -1.16. The lowest BCUT2D eigenvalue weighted by Crippen LogP contribution is -2.60. The zero-order chi connectivity index (χ0) is 32.4. The first-order chi connectivity index (χ1) is 20.9. The first-order valence-electron chi connectivity index (χ1n) is 15.1. The van der Waals surface area contributed by atoms with E-state index in [-0.39, 0.29) is 18.4 Å². The molecule has 1 aromatic heterocycles. The number of aliphatic carboxylic acids is 1. The lowest BCUT2D eigenvalue weighted by Gasteiger charge is -2.34. The minimum absolute atomic E-state index is 0.236. The quantitative estimate of drug-likeness (QED) is 0.284. The van der Waals surface area contributed by atoms with Gasteiger partial charge in [-0.15, -0.1) is 0 Å². The molecule has 0 bridgehead atoms. The number of nitrogens with zero attached hydrogens (tertiary/aromatic N) is 2. The predicted octanol–water partition coefficient (Wildman–Crippen LogP) is 2.18. The molecule has 6 N–H and O–H groups in total. The second-order valence-corrected chi connectivity index (χ2v) is 11.7. The molecule has 0 radical (unpaired) electrons. The van der Waals surface area contributed by atoms with Crippen LogP contribution in [0.1, 0.15) is 64.6 Å². The van der Waals surface area contributed by atoms with Gasteiger partial charge in [0.15, 0.2) is 0 Å². The number of carbonyl (C=O) groups excluding carboxylic acids is 3. The molecule has 3 heterocycles. The van der Waals surface area contributed by atoms with Crippen molar-refractivity contribution in [1.29, 1.82) is 0 Å². The molecular weight excluding hydrogens is 566 g/mol. The number of hydrogen-bond acceptors (Lipinski definition) is 8. The number of benzene rings is 1. The molecular formula is C32H45N5O7. The number of rotatable bonds is 9. The van der Waals surface area contributed by atoms with Crippen molar-refractivity contribution in [1.82, 2.24) is 20.7 Å². The SMILES string of the molecule is CC(NC(=O)C(O)C(C)C)C(=O)N1CCCC(C(N)=O)N1.CCc1ccc2ccc(/C=C/C3(C(=O)O)CCCOC3)cc2n1. The minimum Gasteiger partial charge on any atom is -0.481 e. The van der Waals surface area contributed by atoms with Crippen LogP contribution >= 0.6 is 0 Å². The molecule has 3 amide bonds. The molecule has 4 atom stereocenters. The number of carboxylic acids is 1. The normalized spacial score (nSPS) is 21.8. The number of hydrogen-bond donors (Lipinski definition) is 5. The van der Waals surface area contributed by atoms with Gasteiger partial charge in [0.05, 0.1) is 12.1 Å². The highest BCUT2D eigenvalue weighted by Gasteiger charge is 2.38. The van der Waals surface area contributed by atoms with Gasteiger partial charge in [-0.25, -0.2) is 5.43 Å². The van der Waals surface area contributed by atoms with Crippen molar-refractivity contribution in [3.63, 3.8) is 0 Å². The van der Waals surface area contributed by atoms with Crippen LogP contribution in [0.15, 0.2) is 36.4 Å². The number of fused-ring (bicyclic) bond motifs is 1. The van der Waals surface area contributed by atoms with Gasteiger partial charge in [-0.1, -0.05) is 51.1 Å². The van der Waals surface area contributed by atoms with Crippen LogP contribution in [-0.4, -0.2) is 81.8 Å². The van der Waals surface area contributed by atoms with Crippen molar-refractivity contribution in [2.24, 2.45) is 17.1 Å². The van der Waals surface area contributed by atoms with Crippen LogP contribution in [0.25, 0.3) is 17.0 Å². The van der Waals surface area contributed by atoms with Gasteiger partial charge in [0, 0.05) is 24.2 Å². The van der Waals surface area contributed by atoms with E-state index in [2.05, 4.69) is 28.7 Å². The van der Waals surface area contributed by atoms with E-state index in [0.29, 0.717) is 32.4 Å². The van der Waals surface area contributed by atoms with Gasteiger partial charge in [-0.3, -0.25) is 29.2 Å². The van der Waals surface area contributed by atoms with Crippen molar-refractivity contribution in [3.8, 4) is 0 Å². The molecule has 2 saturated heterocycles. The van der Waals surface area contributed by atoms with E-state index in [4.69, 9.17) is 10.5 Å².